The molecule has 0 saturated carbocycles. The van der Waals surface area contributed by atoms with E-state index in [0.29, 0.717) is 66.9 Å². The van der Waals surface area contributed by atoms with Gasteiger partial charge in [0, 0.05) is 61.6 Å². The van der Waals surface area contributed by atoms with Gasteiger partial charge in [0.1, 0.15) is 0 Å². The van der Waals surface area contributed by atoms with Crippen molar-refractivity contribution in [3.05, 3.63) is 90.1 Å². The number of amides is 6. The quantitative estimate of drug-likeness (QED) is 0.0637. The fourth-order valence-electron chi connectivity index (χ4n) is 6.60. The molecule has 2 saturated heterocycles. The van der Waals surface area contributed by atoms with Gasteiger partial charge in [-0.3, -0.25) is 14.4 Å². The number of hydrogen-bond donors (Lipinski definition) is 5. The van der Waals surface area contributed by atoms with Gasteiger partial charge in [-0.05, 0) is 83.3 Å². The van der Waals surface area contributed by atoms with E-state index in [1.54, 1.807) is 59.5 Å². The largest absolute Gasteiger partial charge is 0.494 e. The van der Waals surface area contributed by atoms with Crippen molar-refractivity contribution in [1.82, 2.24) is 25.4 Å². The lowest BCUT2D eigenvalue weighted by Crippen LogP contribution is -2.56. The number of rotatable bonds is 11. The van der Waals surface area contributed by atoms with Crippen LogP contribution in [-0.2, 0) is 14.1 Å². The van der Waals surface area contributed by atoms with E-state index in [0.717, 1.165) is 5.46 Å². The van der Waals surface area contributed by atoms with Crippen LogP contribution in [0.25, 0.3) is 10.9 Å². The number of H-pyrrole nitrogens is 1. The number of hydrogen-bond acceptors (Lipinski definition) is 7. The first kappa shape index (κ1) is 39.0. The van der Waals surface area contributed by atoms with Crippen LogP contribution in [0.15, 0.2) is 79.0 Å². The maximum Gasteiger partial charge on any atom is 0.494 e. The van der Waals surface area contributed by atoms with E-state index in [4.69, 9.17) is 9.31 Å². The lowest BCUT2D eigenvalue weighted by Gasteiger charge is -2.39. The van der Waals surface area contributed by atoms with Crippen LogP contribution in [0.5, 0.6) is 0 Å². The summed E-state index contributed by atoms with van der Waals surface area (Å²) in [5, 5.41) is 11.8. The number of aromatic amines is 1. The molecule has 5 N–H and O–H groups in total. The molecule has 0 spiro atoms. The van der Waals surface area contributed by atoms with E-state index >= 15 is 0 Å². The molecule has 1 atom stereocenters. The molecular formula is C40H48BN7O7. The van der Waals surface area contributed by atoms with E-state index in [1.165, 1.54) is 11.1 Å². The lowest BCUT2D eigenvalue weighted by molar-refractivity contribution is -0.130. The molecule has 4 aromatic rings. The summed E-state index contributed by atoms with van der Waals surface area (Å²) in [7, 11) is -0.477. The number of ketones is 1. The summed E-state index contributed by atoms with van der Waals surface area (Å²) in [5.41, 5.74) is 2.38. The molecule has 3 heterocycles. The summed E-state index contributed by atoms with van der Waals surface area (Å²) in [6, 6.07) is 20.3. The zero-order valence-electron chi connectivity index (χ0n) is 31.9. The number of anilines is 2. The topological polar surface area (TPSA) is 174 Å². The second-order valence-electron chi connectivity index (χ2n) is 14.9. The van der Waals surface area contributed by atoms with Crippen molar-refractivity contribution in [2.24, 2.45) is 0 Å². The maximum absolute atomic E-state index is 13.5. The molecule has 3 aromatic carbocycles. The van der Waals surface area contributed by atoms with Crippen LogP contribution in [0.1, 0.15) is 68.2 Å². The molecule has 55 heavy (non-hydrogen) atoms. The highest BCUT2D eigenvalue weighted by Crippen LogP contribution is 2.36. The number of benzene rings is 3. The van der Waals surface area contributed by atoms with Crippen LogP contribution in [0, 0.1) is 0 Å². The van der Waals surface area contributed by atoms with Crippen molar-refractivity contribution in [3.63, 3.8) is 0 Å². The van der Waals surface area contributed by atoms with E-state index < -0.39 is 36.0 Å². The van der Waals surface area contributed by atoms with E-state index in [-0.39, 0.29) is 30.1 Å². The minimum Gasteiger partial charge on any atom is -0.399 e. The standard InChI is InChI=1S/C40H48BN7O7/c1-26-25-47(35(50)27-12-7-6-8-13-27)22-23-48(26)36(51)34(49)31-24-44-33-30(31)14-11-15-32(33)46-38(53)43-21-10-9-20-42-37(52)45-29-18-16-28(17-19-29)41-54-39(2,3)40(4,5)55-41/h6-8,11-19,24,26,44H,9-10,20-23,25H2,1-5H3,(H2,42,45,52)(H2,43,46,53)/t26-/m1/s1. The number of piperazine rings is 1. The van der Waals surface area contributed by atoms with Gasteiger partial charge < -0.3 is 45.4 Å². The Morgan fingerprint density at radius 3 is 2.07 bits per heavy atom. The third-order valence-corrected chi connectivity index (χ3v) is 10.5. The number of unbranched alkanes of at least 4 members (excludes halogenated alkanes) is 1. The molecule has 6 amide bonds. The van der Waals surface area contributed by atoms with Gasteiger partial charge in [0.05, 0.1) is 28.0 Å². The van der Waals surface area contributed by atoms with E-state index in [1.807, 2.05) is 52.8 Å². The predicted molar refractivity (Wildman–Crippen MR) is 212 cm³/mol. The zero-order valence-corrected chi connectivity index (χ0v) is 31.9. The number of aromatic nitrogens is 1. The first-order valence-corrected chi connectivity index (χ1v) is 18.6. The van der Waals surface area contributed by atoms with Crippen molar-refractivity contribution in [2.75, 3.05) is 43.4 Å². The first-order valence-electron chi connectivity index (χ1n) is 18.6. The number of para-hydroxylation sites is 1. The molecule has 2 fully saturated rings. The average Bonchev–Trinajstić information content (AvgIpc) is 3.69. The van der Waals surface area contributed by atoms with E-state index in [9.17, 15) is 24.0 Å². The molecular weight excluding hydrogens is 701 g/mol. The van der Waals surface area contributed by atoms with Crippen molar-refractivity contribution >= 4 is 64.5 Å². The number of fused-ring (bicyclic) bond motifs is 1. The van der Waals surface area contributed by atoms with Gasteiger partial charge in [-0.2, -0.15) is 0 Å². The second kappa shape index (κ2) is 16.4. The van der Waals surface area contributed by atoms with Crippen LogP contribution in [0.4, 0.5) is 21.0 Å². The van der Waals surface area contributed by atoms with Crippen LogP contribution >= 0.6 is 0 Å². The Morgan fingerprint density at radius 1 is 0.800 bits per heavy atom. The third-order valence-electron chi connectivity index (χ3n) is 10.5. The van der Waals surface area contributed by atoms with Crippen molar-refractivity contribution in [2.45, 2.75) is 64.7 Å². The Kier molecular flexibility index (Phi) is 11.6. The highest BCUT2D eigenvalue weighted by atomic mass is 16.7. The summed E-state index contributed by atoms with van der Waals surface area (Å²) < 4.78 is 12.2. The predicted octanol–water partition coefficient (Wildman–Crippen LogP) is 4.75. The fourth-order valence-corrected chi connectivity index (χ4v) is 6.60. The summed E-state index contributed by atoms with van der Waals surface area (Å²) in [4.78, 5) is 71.2. The highest BCUT2D eigenvalue weighted by Gasteiger charge is 2.51. The average molecular weight is 750 g/mol. The number of nitrogens with one attached hydrogen (secondary N) is 5. The van der Waals surface area contributed by atoms with Crippen LogP contribution in [0.2, 0.25) is 0 Å². The monoisotopic (exact) mass is 749 g/mol. The Balaban J connectivity index is 0.915. The summed E-state index contributed by atoms with van der Waals surface area (Å²) in [5.74, 6) is -1.42. The number of carbonyl (C=O) groups is 5. The van der Waals surface area contributed by atoms with Gasteiger partial charge in [0.15, 0.2) is 0 Å². The van der Waals surface area contributed by atoms with Gasteiger partial charge in [-0.25, -0.2) is 9.59 Å². The Labute approximate surface area is 320 Å². The molecule has 0 unspecified atom stereocenters. The third kappa shape index (κ3) is 8.84. The minimum absolute atomic E-state index is 0.109. The van der Waals surface area contributed by atoms with Gasteiger partial charge in [-0.15, -0.1) is 0 Å². The van der Waals surface area contributed by atoms with Crippen molar-refractivity contribution in [3.8, 4) is 0 Å². The van der Waals surface area contributed by atoms with Crippen LogP contribution in [0.3, 0.4) is 0 Å². The second-order valence-corrected chi connectivity index (χ2v) is 14.9. The van der Waals surface area contributed by atoms with Gasteiger partial charge in [-0.1, -0.05) is 42.5 Å². The van der Waals surface area contributed by atoms with Crippen molar-refractivity contribution in [1.29, 1.82) is 0 Å². The van der Waals surface area contributed by atoms with Gasteiger partial charge >= 0.3 is 19.2 Å². The molecule has 0 bridgehead atoms. The molecule has 15 heteroatoms. The SMILES string of the molecule is C[C@@H]1CN(C(=O)c2ccccc2)CCN1C(=O)C(=O)c1c[nH]c2c(NC(=O)NCCCCNC(=O)Nc3ccc(B4OC(C)(C)C(C)(C)O4)cc3)cccc12. The Bertz CT molecular complexity index is 2040. The first-order chi connectivity index (χ1) is 26.2. The molecule has 2 aliphatic rings. The Morgan fingerprint density at radius 2 is 1.44 bits per heavy atom. The normalized spacial score (nSPS) is 17.5. The lowest BCUT2D eigenvalue weighted by atomic mass is 9.79. The number of urea groups is 2. The van der Waals surface area contributed by atoms with Crippen LogP contribution in [-0.4, -0.2) is 102 Å². The minimum atomic E-state index is -0.666. The number of Topliss-reactive ketones (excluding diaryl/α,β-unsaturated/α-hetero) is 1. The number of nitrogens with zero attached hydrogens (tertiary/aromatic N) is 2. The van der Waals surface area contributed by atoms with Crippen LogP contribution < -0.4 is 26.7 Å². The molecule has 0 aliphatic carbocycles. The summed E-state index contributed by atoms with van der Waals surface area (Å²) >= 11 is 0. The van der Waals surface area contributed by atoms with Gasteiger partial charge in [0.25, 0.3) is 17.6 Å². The molecule has 6 rings (SSSR count). The molecule has 288 valence electrons. The molecule has 0 radical (unpaired) electrons. The smallest absolute Gasteiger partial charge is 0.399 e. The van der Waals surface area contributed by atoms with Gasteiger partial charge in [0.2, 0.25) is 0 Å². The maximum atomic E-state index is 13.5. The van der Waals surface area contributed by atoms with E-state index in [2.05, 4.69) is 26.3 Å². The summed E-state index contributed by atoms with van der Waals surface area (Å²) in [6.07, 6.45) is 2.74. The summed E-state index contributed by atoms with van der Waals surface area (Å²) in [6.45, 7) is 11.5. The highest BCUT2D eigenvalue weighted by molar-refractivity contribution is 6.62. The molecule has 2 aliphatic heterocycles. The van der Waals surface area contributed by atoms with Crippen molar-refractivity contribution < 1.29 is 33.3 Å². The zero-order chi connectivity index (χ0) is 39.3. The number of carbonyl (C=O) groups excluding carboxylic acids is 5. The fraction of sp³-hybridized carbons (Fsp3) is 0.375. The molecule has 1 aromatic heterocycles. The Hall–Kier alpha value is -5.67. The molecule has 14 nitrogen and oxygen atoms in total.